The van der Waals surface area contributed by atoms with Crippen LogP contribution in [0.1, 0.15) is 24.2 Å². The number of hydrogen-bond donors (Lipinski definition) is 2. The Kier molecular flexibility index (Phi) is 4.36. The van der Waals surface area contributed by atoms with E-state index in [0.717, 1.165) is 0 Å². The molecule has 0 spiro atoms. The molecule has 0 aliphatic carbocycles. The first kappa shape index (κ1) is 14.2. The standard InChI is InChI=1S/C11H12Cl2N2OS/c1-11(2,10(14)17)15-9(16)6-3-7(12)5-8(13)4-6/h3-5H,1-2H3,(H2,14,17)(H,15,16). The van der Waals surface area contributed by atoms with Gasteiger partial charge in [-0.1, -0.05) is 35.4 Å². The quantitative estimate of drug-likeness (QED) is 0.842. The summed E-state index contributed by atoms with van der Waals surface area (Å²) in [4.78, 5) is 12.1. The third kappa shape index (κ3) is 3.84. The maximum absolute atomic E-state index is 11.9. The summed E-state index contributed by atoms with van der Waals surface area (Å²) in [5.74, 6) is -0.327. The van der Waals surface area contributed by atoms with Crippen molar-refractivity contribution in [2.24, 2.45) is 5.73 Å². The van der Waals surface area contributed by atoms with Gasteiger partial charge < -0.3 is 11.1 Å². The third-order valence-corrected chi connectivity index (χ3v) is 3.11. The smallest absolute Gasteiger partial charge is 0.252 e. The van der Waals surface area contributed by atoms with Crippen molar-refractivity contribution in [1.82, 2.24) is 5.32 Å². The van der Waals surface area contributed by atoms with Crippen LogP contribution >= 0.6 is 35.4 Å². The zero-order chi connectivity index (χ0) is 13.2. The lowest BCUT2D eigenvalue weighted by molar-refractivity contribution is 0.0932. The van der Waals surface area contributed by atoms with Crippen LogP contribution in [-0.2, 0) is 0 Å². The lowest BCUT2D eigenvalue weighted by atomic mass is 10.0. The lowest BCUT2D eigenvalue weighted by Crippen LogP contribution is -2.52. The Morgan fingerprint density at radius 2 is 1.76 bits per heavy atom. The average molecular weight is 291 g/mol. The summed E-state index contributed by atoms with van der Waals surface area (Å²) in [6.07, 6.45) is 0. The number of rotatable bonds is 3. The van der Waals surface area contributed by atoms with E-state index in [1.54, 1.807) is 19.9 Å². The second kappa shape index (κ2) is 5.21. The Bertz CT molecular complexity index is 454. The van der Waals surface area contributed by atoms with Gasteiger partial charge in [-0.05, 0) is 32.0 Å². The van der Waals surface area contributed by atoms with E-state index in [2.05, 4.69) is 5.32 Å². The molecule has 3 N–H and O–H groups in total. The molecule has 0 aromatic heterocycles. The molecule has 0 atom stereocenters. The molecule has 0 radical (unpaired) electrons. The van der Waals surface area contributed by atoms with E-state index < -0.39 is 5.54 Å². The SMILES string of the molecule is CC(C)(NC(=O)c1cc(Cl)cc(Cl)c1)C(N)=S. The molecule has 1 amide bonds. The van der Waals surface area contributed by atoms with Crippen LogP contribution in [0.3, 0.4) is 0 Å². The summed E-state index contributed by atoms with van der Waals surface area (Å²) >= 11 is 16.5. The number of nitrogens with one attached hydrogen (secondary N) is 1. The van der Waals surface area contributed by atoms with E-state index in [1.807, 2.05) is 0 Å². The highest BCUT2D eigenvalue weighted by Crippen LogP contribution is 2.19. The number of halogens is 2. The fraction of sp³-hybridized carbons (Fsp3) is 0.273. The molecule has 0 heterocycles. The molecule has 0 aliphatic heterocycles. The predicted molar refractivity (Wildman–Crippen MR) is 74.8 cm³/mol. The van der Waals surface area contributed by atoms with Gasteiger partial charge in [0.25, 0.3) is 5.91 Å². The van der Waals surface area contributed by atoms with Gasteiger partial charge in [-0.3, -0.25) is 4.79 Å². The van der Waals surface area contributed by atoms with Crippen LogP contribution in [0.2, 0.25) is 10.0 Å². The molecule has 1 aromatic rings. The van der Waals surface area contributed by atoms with Gasteiger partial charge in [0.05, 0.1) is 10.5 Å². The summed E-state index contributed by atoms with van der Waals surface area (Å²) in [7, 11) is 0. The topological polar surface area (TPSA) is 55.1 Å². The van der Waals surface area contributed by atoms with Crippen LogP contribution in [0.5, 0.6) is 0 Å². The van der Waals surface area contributed by atoms with Gasteiger partial charge >= 0.3 is 0 Å². The molecule has 0 fully saturated rings. The molecule has 1 rings (SSSR count). The molecule has 0 aliphatic rings. The van der Waals surface area contributed by atoms with Crippen LogP contribution < -0.4 is 11.1 Å². The van der Waals surface area contributed by atoms with E-state index in [9.17, 15) is 4.79 Å². The van der Waals surface area contributed by atoms with Crippen molar-refractivity contribution in [2.75, 3.05) is 0 Å². The number of carbonyl (C=O) groups excluding carboxylic acids is 1. The van der Waals surface area contributed by atoms with Crippen LogP contribution in [0.15, 0.2) is 18.2 Å². The van der Waals surface area contributed by atoms with Crippen molar-refractivity contribution in [2.45, 2.75) is 19.4 Å². The van der Waals surface area contributed by atoms with E-state index >= 15 is 0 Å². The molecule has 0 unspecified atom stereocenters. The minimum absolute atomic E-state index is 0.207. The fourth-order valence-corrected chi connectivity index (χ4v) is 1.68. The highest BCUT2D eigenvalue weighted by Gasteiger charge is 2.24. The number of amides is 1. The Hall–Kier alpha value is -0.840. The van der Waals surface area contributed by atoms with E-state index in [0.29, 0.717) is 15.6 Å². The summed E-state index contributed by atoms with van der Waals surface area (Å²) in [6.45, 7) is 3.44. The van der Waals surface area contributed by atoms with Gasteiger partial charge in [0.2, 0.25) is 0 Å². The van der Waals surface area contributed by atoms with Gasteiger partial charge in [0.15, 0.2) is 0 Å². The maximum atomic E-state index is 11.9. The van der Waals surface area contributed by atoms with Crippen molar-refractivity contribution < 1.29 is 4.79 Å². The minimum atomic E-state index is -0.763. The third-order valence-electron chi connectivity index (χ3n) is 2.17. The fourth-order valence-electron chi connectivity index (χ4n) is 1.10. The predicted octanol–water partition coefficient (Wildman–Crippen LogP) is 2.79. The number of benzene rings is 1. The highest BCUT2D eigenvalue weighted by molar-refractivity contribution is 7.80. The molecule has 1 aromatic carbocycles. The van der Waals surface area contributed by atoms with Crippen molar-refractivity contribution in [3.05, 3.63) is 33.8 Å². The first-order valence-corrected chi connectivity index (χ1v) is 5.97. The Morgan fingerprint density at radius 3 is 2.18 bits per heavy atom. The average Bonchev–Trinajstić information content (AvgIpc) is 2.15. The largest absolute Gasteiger partial charge is 0.391 e. The molecule has 3 nitrogen and oxygen atoms in total. The van der Waals surface area contributed by atoms with Gasteiger partial charge in [-0.2, -0.15) is 0 Å². The van der Waals surface area contributed by atoms with Crippen LogP contribution in [-0.4, -0.2) is 16.4 Å². The highest BCUT2D eigenvalue weighted by atomic mass is 35.5. The molecule has 92 valence electrons. The van der Waals surface area contributed by atoms with Gasteiger partial charge in [-0.25, -0.2) is 0 Å². The minimum Gasteiger partial charge on any atom is -0.391 e. The molecular formula is C11H12Cl2N2OS. The number of hydrogen-bond acceptors (Lipinski definition) is 2. The second-order valence-corrected chi connectivity index (χ2v) is 5.41. The zero-order valence-electron chi connectivity index (χ0n) is 9.38. The van der Waals surface area contributed by atoms with Crippen molar-refractivity contribution in [3.63, 3.8) is 0 Å². The summed E-state index contributed by atoms with van der Waals surface area (Å²) in [5.41, 5.74) is 5.13. The van der Waals surface area contributed by atoms with Gasteiger partial charge in [0.1, 0.15) is 0 Å². The summed E-state index contributed by atoms with van der Waals surface area (Å²) in [5, 5.41) is 3.50. The van der Waals surface area contributed by atoms with Crippen LogP contribution in [0.4, 0.5) is 0 Å². The van der Waals surface area contributed by atoms with Gasteiger partial charge in [-0.15, -0.1) is 0 Å². The molecule has 6 heteroatoms. The maximum Gasteiger partial charge on any atom is 0.252 e. The van der Waals surface area contributed by atoms with E-state index in [-0.39, 0.29) is 10.9 Å². The number of thiocarbonyl (C=S) groups is 1. The van der Waals surface area contributed by atoms with Crippen LogP contribution in [0.25, 0.3) is 0 Å². The summed E-state index contributed by atoms with van der Waals surface area (Å²) in [6, 6.07) is 4.61. The molecular weight excluding hydrogens is 279 g/mol. The van der Waals surface area contributed by atoms with Crippen molar-refractivity contribution in [3.8, 4) is 0 Å². The van der Waals surface area contributed by atoms with E-state index in [1.165, 1.54) is 12.1 Å². The molecule has 0 saturated carbocycles. The van der Waals surface area contributed by atoms with Crippen LogP contribution in [0, 0.1) is 0 Å². The van der Waals surface area contributed by atoms with Crippen molar-refractivity contribution in [1.29, 1.82) is 0 Å². The van der Waals surface area contributed by atoms with E-state index in [4.69, 9.17) is 41.2 Å². The Labute approximate surface area is 115 Å². The lowest BCUT2D eigenvalue weighted by Gasteiger charge is -2.24. The summed E-state index contributed by atoms with van der Waals surface area (Å²) < 4.78 is 0. The monoisotopic (exact) mass is 290 g/mol. The Balaban J connectivity index is 2.94. The normalized spacial score (nSPS) is 11.1. The molecule has 0 bridgehead atoms. The number of carbonyl (C=O) groups is 1. The first-order valence-electron chi connectivity index (χ1n) is 4.81. The Morgan fingerprint density at radius 1 is 1.29 bits per heavy atom. The van der Waals surface area contributed by atoms with Gasteiger partial charge in [0, 0.05) is 15.6 Å². The molecule has 0 saturated heterocycles. The zero-order valence-corrected chi connectivity index (χ0v) is 11.7. The molecule has 17 heavy (non-hydrogen) atoms. The van der Waals surface area contributed by atoms with Crippen molar-refractivity contribution >= 4 is 46.3 Å². The first-order chi connectivity index (χ1) is 7.72. The number of nitrogens with two attached hydrogens (primary N) is 1. The second-order valence-electron chi connectivity index (χ2n) is 4.10.